The molecule has 5 rings (SSSR count). The Morgan fingerprint density at radius 3 is 2.30 bits per heavy atom. The van der Waals surface area contributed by atoms with E-state index in [9.17, 15) is 5.26 Å². The molecule has 0 aromatic heterocycles. The molecule has 4 aliphatic carbocycles. The van der Waals surface area contributed by atoms with E-state index in [1.54, 1.807) is 0 Å². The van der Waals surface area contributed by atoms with Crippen LogP contribution < -0.4 is 5.32 Å². The van der Waals surface area contributed by atoms with Crippen molar-refractivity contribution in [3.63, 3.8) is 0 Å². The molecule has 2 nitrogen and oxygen atoms in total. The minimum absolute atomic E-state index is 0.703. The lowest BCUT2D eigenvalue weighted by Gasteiger charge is -2.54. The van der Waals surface area contributed by atoms with Crippen molar-refractivity contribution in [3.8, 4) is 6.07 Å². The Bertz CT molecular complexity index is 515. The van der Waals surface area contributed by atoms with Crippen LogP contribution in [0.2, 0.25) is 0 Å². The molecule has 104 valence electrons. The van der Waals surface area contributed by atoms with E-state index in [0.29, 0.717) is 6.04 Å². The van der Waals surface area contributed by atoms with Gasteiger partial charge in [-0.1, -0.05) is 18.2 Å². The number of benzene rings is 1. The summed E-state index contributed by atoms with van der Waals surface area (Å²) in [6.07, 6.45) is 7.31. The van der Waals surface area contributed by atoms with Crippen LogP contribution in [0, 0.1) is 35.0 Å². The Hall–Kier alpha value is -1.33. The van der Waals surface area contributed by atoms with Gasteiger partial charge in [0.05, 0.1) is 11.6 Å². The molecule has 0 atom stereocenters. The Labute approximate surface area is 121 Å². The van der Waals surface area contributed by atoms with Gasteiger partial charge in [0.2, 0.25) is 0 Å². The van der Waals surface area contributed by atoms with Crippen molar-refractivity contribution in [2.75, 3.05) is 0 Å². The molecule has 0 aliphatic heterocycles. The van der Waals surface area contributed by atoms with Gasteiger partial charge in [0.25, 0.3) is 0 Å². The summed E-state index contributed by atoms with van der Waals surface area (Å²) in [6.45, 7) is 0.858. The third-order valence-corrected chi connectivity index (χ3v) is 5.89. The van der Waals surface area contributed by atoms with Crippen LogP contribution in [-0.4, -0.2) is 6.04 Å². The number of rotatable bonds is 3. The molecule has 0 radical (unpaired) electrons. The second kappa shape index (κ2) is 4.90. The maximum atomic E-state index is 9.18. The highest BCUT2D eigenvalue weighted by Gasteiger charge is 2.47. The summed E-state index contributed by atoms with van der Waals surface area (Å²) in [5, 5.41) is 13.0. The van der Waals surface area contributed by atoms with Crippen molar-refractivity contribution in [1.82, 2.24) is 5.32 Å². The quantitative estimate of drug-likeness (QED) is 0.909. The lowest BCUT2D eigenvalue weighted by Crippen LogP contribution is -2.54. The van der Waals surface area contributed by atoms with Gasteiger partial charge in [-0.25, -0.2) is 0 Å². The molecule has 0 heterocycles. The smallest absolute Gasteiger partial charge is 0.0995 e. The second-order valence-electron chi connectivity index (χ2n) is 7.11. The number of nitriles is 1. The molecule has 1 aromatic carbocycles. The van der Waals surface area contributed by atoms with Crippen LogP contribution in [0.3, 0.4) is 0 Å². The molecule has 1 aromatic rings. The Kier molecular flexibility index (Phi) is 3.04. The van der Waals surface area contributed by atoms with Crippen molar-refractivity contribution >= 4 is 0 Å². The SMILES string of the molecule is N#Cc1ccccc1CNC1C2CC3CC(C2)CC1C3. The number of hydrogen-bond donors (Lipinski definition) is 1. The van der Waals surface area contributed by atoms with Crippen molar-refractivity contribution < 1.29 is 0 Å². The predicted octanol–water partition coefficient (Wildman–Crippen LogP) is 3.47. The fourth-order valence-corrected chi connectivity index (χ4v) is 5.27. The molecule has 0 amide bonds. The second-order valence-corrected chi connectivity index (χ2v) is 7.11. The molecule has 0 unspecified atom stereocenters. The average molecular weight is 266 g/mol. The molecule has 20 heavy (non-hydrogen) atoms. The topological polar surface area (TPSA) is 35.8 Å². The van der Waals surface area contributed by atoms with Gasteiger partial charge < -0.3 is 5.32 Å². The molecular weight excluding hydrogens is 244 g/mol. The highest BCUT2D eigenvalue weighted by Crippen LogP contribution is 2.53. The highest BCUT2D eigenvalue weighted by molar-refractivity contribution is 5.37. The van der Waals surface area contributed by atoms with Gasteiger partial charge in [0.15, 0.2) is 0 Å². The lowest BCUT2D eigenvalue weighted by atomic mass is 9.54. The van der Waals surface area contributed by atoms with E-state index in [1.807, 2.05) is 18.2 Å². The van der Waals surface area contributed by atoms with Crippen molar-refractivity contribution in [3.05, 3.63) is 35.4 Å². The van der Waals surface area contributed by atoms with E-state index in [2.05, 4.69) is 17.5 Å². The first kappa shape index (κ1) is 12.4. The molecule has 4 aliphatic rings. The molecule has 0 spiro atoms. The fourth-order valence-electron chi connectivity index (χ4n) is 5.27. The van der Waals surface area contributed by atoms with Crippen molar-refractivity contribution in [1.29, 1.82) is 5.26 Å². The van der Waals surface area contributed by atoms with Gasteiger partial charge in [0.1, 0.15) is 0 Å². The van der Waals surface area contributed by atoms with Crippen molar-refractivity contribution in [2.45, 2.75) is 44.7 Å². The van der Waals surface area contributed by atoms with Gasteiger partial charge >= 0.3 is 0 Å². The van der Waals surface area contributed by atoms with Crippen LogP contribution in [0.5, 0.6) is 0 Å². The van der Waals surface area contributed by atoms with E-state index in [-0.39, 0.29) is 0 Å². The van der Waals surface area contributed by atoms with Crippen molar-refractivity contribution in [2.24, 2.45) is 23.7 Å². The van der Waals surface area contributed by atoms with Crippen LogP contribution in [0.4, 0.5) is 0 Å². The molecule has 4 bridgehead atoms. The van der Waals surface area contributed by atoms with Crippen LogP contribution in [0.15, 0.2) is 24.3 Å². The van der Waals surface area contributed by atoms with Gasteiger partial charge in [-0.15, -0.1) is 0 Å². The molecule has 4 fully saturated rings. The minimum atomic E-state index is 0.703. The summed E-state index contributed by atoms with van der Waals surface area (Å²) >= 11 is 0. The largest absolute Gasteiger partial charge is 0.309 e. The van der Waals surface area contributed by atoms with E-state index < -0.39 is 0 Å². The predicted molar refractivity (Wildman–Crippen MR) is 78.8 cm³/mol. The van der Waals surface area contributed by atoms with Crippen LogP contribution >= 0.6 is 0 Å². The molecular formula is C18H22N2. The zero-order valence-corrected chi connectivity index (χ0v) is 11.9. The maximum Gasteiger partial charge on any atom is 0.0995 e. The summed E-state index contributed by atoms with van der Waals surface area (Å²) in [7, 11) is 0. The van der Waals surface area contributed by atoms with Gasteiger partial charge in [-0.05, 0) is 67.4 Å². The average Bonchev–Trinajstić information content (AvgIpc) is 2.46. The Balaban J connectivity index is 1.46. The van der Waals surface area contributed by atoms with Gasteiger partial charge in [0, 0.05) is 12.6 Å². The van der Waals surface area contributed by atoms with E-state index in [1.165, 1.54) is 32.1 Å². The first-order valence-corrected chi connectivity index (χ1v) is 8.05. The highest BCUT2D eigenvalue weighted by atomic mass is 14.9. The zero-order chi connectivity index (χ0) is 13.5. The summed E-state index contributed by atoms with van der Waals surface area (Å²) in [4.78, 5) is 0. The Morgan fingerprint density at radius 1 is 1.00 bits per heavy atom. The van der Waals surface area contributed by atoms with E-state index in [4.69, 9.17) is 0 Å². The van der Waals surface area contributed by atoms with E-state index >= 15 is 0 Å². The van der Waals surface area contributed by atoms with E-state index in [0.717, 1.165) is 41.3 Å². The normalized spacial score (nSPS) is 37.9. The first-order valence-electron chi connectivity index (χ1n) is 8.05. The maximum absolute atomic E-state index is 9.18. The number of nitrogens with zero attached hydrogens (tertiary/aromatic N) is 1. The van der Waals surface area contributed by atoms with Crippen LogP contribution in [0.1, 0.15) is 43.2 Å². The summed E-state index contributed by atoms with van der Waals surface area (Å²) in [5.41, 5.74) is 1.98. The fraction of sp³-hybridized carbons (Fsp3) is 0.611. The number of hydrogen-bond acceptors (Lipinski definition) is 2. The molecule has 4 saturated carbocycles. The molecule has 1 N–H and O–H groups in total. The third-order valence-electron chi connectivity index (χ3n) is 5.89. The third kappa shape index (κ3) is 2.05. The summed E-state index contributed by atoms with van der Waals surface area (Å²) in [5.74, 6) is 3.87. The summed E-state index contributed by atoms with van der Waals surface area (Å²) in [6, 6.07) is 11.0. The minimum Gasteiger partial charge on any atom is -0.309 e. The van der Waals surface area contributed by atoms with Gasteiger partial charge in [-0.2, -0.15) is 5.26 Å². The lowest BCUT2D eigenvalue weighted by molar-refractivity contribution is -0.0142. The molecule has 0 saturated heterocycles. The van der Waals surface area contributed by atoms with Crippen LogP contribution in [-0.2, 0) is 6.54 Å². The van der Waals surface area contributed by atoms with Gasteiger partial charge in [-0.3, -0.25) is 0 Å². The zero-order valence-electron chi connectivity index (χ0n) is 11.9. The van der Waals surface area contributed by atoms with Crippen LogP contribution in [0.25, 0.3) is 0 Å². The molecule has 2 heteroatoms. The Morgan fingerprint density at radius 2 is 1.65 bits per heavy atom. The summed E-state index contributed by atoms with van der Waals surface area (Å²) < 4.78 is 0. The number of nitrogens with one attached hydrogen (secondary N) is 1. The standard InChI is InChI=1S/C18H22N2/c19-10-14-3-1-2-4-15(14)11-20-18-16-6-12-5-13(8-16)9-17(18)7-12/h1-4,12-13,16-18,20H,5-9,11H2. The first-order chi connectivity index (χ1) is 9.83. The monoisotopic (exact) mass is 266 g/mol.